The Labute approximate surface area is 142 Å². The van der Waals surface area contributed by atoms with Crippen LogP contribution < -0.4 is 10.9 Å². The molecule has 24 heavy (non-hydrogen) atoms. The molecule has 0 fully saturated rings. The molecule has 2 N–H and O–H groups in total. The third-order valence-electron chi connectivity index (χ3n) is 3.80. The van der Waals surface area contributed by atoms with Gasteiger partial charge in [-0.05, 0) is 38.6 Å². The number of aryl methyl sites for hydroxylation is 1. The first-order valence-corrected chi connectivity index (χ1v) is 8.35. The Balaban J connectivity index is 1.80. The number of aromatic amines is 1. The highest BCUT2D eigenvalue weighted by atomic mass is 16.1. The lowest BCUT2D eigenvalue weighted by molar-refractivity contribution is -0.121. The maximum absolute atomic E-state index is 12.0. The molecule has 0 saturated heterocycles. The zero-order valence-corrected chi connectivity index (χ0v) is 14.6. The number of nitrogens with zero attached hydrogens (tertiary/aromatic N) is 2. The molecular formula is C18H26N4O2. The van der Waals surface area contributed by atoms with Gasteiger partial charge in [0.1, 0.15) is 5.82 Å². The van der Waals surface area contributed by atoms with Gasteiger partial charge in [0.25, 0.3) is 5.56 Å². The molecule has 2 rings (SSSR count). The van der Waals surface area contributed by atoms with Gasteiger partial charge in [-0.2, -0.15) is 0 Å². The van der Waals surface area contributed by atoms with Crippen LogP contribution in [0.15, 0.2) is 29.1 Å². The summed E-state index contributed by atoms with van der Waals surface area (Å²) >= 11 is 0. The minimum Gasteiger partial charge on any atom is -0.356 e. The van der Waals surface area contributed by atoms with Crippen LogP contribution in [0.4, 0.5) is 0 Å². The van der Waals surface area contributed by atoms with Crippen LogP contribution in [0.3, 0.4) is 0 Å². The zero-order valence-electron chi connectivity index (χ0n) is 14.6. The lowest BCUT2D eigenvalue weighted by Crippen LogP contribution is -2.32. The second kappa shape index (κ2) is 8.59. The van der Waals surface area contributed by atoms with Crippen LogP contribution in [0.2, 0.25) is 0 Å². The van der Waals surface area contributed by atoms with E-state index in [0.29, 0.717) is 48.5 Å². The van der Waals surface area contributed by atoms with E-state index in [1.165, 1.54) is 0 Å². The average Bonchev–Trinajstić information content (AvgIpc) is 2.52. The van der Waals surface area contributed by atoms with E-state index in [1.54, 1.807) is 6.07 Å². The van der Waals surface area contributed by atoms with Crippen molar-refractivity contribution in [2.45, 2.75) is 26.2 Å². The maximum Gasteiger partial charge on any atom is 0.258 e. The largest absolute Gasteiger partial charge is 0.356 e. The minimum absolute atomic E-state index is 0.0451. The quantitative estimate of drug-likeness (QED) is 0.770. The molecule has 1 unspecified atom stereocenters. The van der Waals surface area contributed by atoms with Gasteiger partial charge in [0.15, 0.2) is 0 Å². The summed E-state index contributed by atoms with van der Waals surface area (Å²) in [4.78, 5) is 33.2. The summed E-state index contributed by atoms with van der Waals surface area (Å²) in [5, 5.41) is 3.55. The number of carbonyl (C=O) groups excluding carboxylic acids is 1. The number of amides is 1. The van der Waals surface area contributed by atoms with E-state index in [-0.39, 0.29) is 11.5 Å². The highest BCUT2D eigenvalue weighted by Gasteiger charge is 2.08. The number of aromatic nitrogens is 2. The van der Waals surface area contributed by atoms with Crippen molar-refractivity contribution in [3.8, 4) is 0 Å². The predicted molar refractivity (Wildman–Crippen MR) is 96.0 cm³/mol. The molecule has 1 aromatic carbocycles. The standard InChI is InChI=1S/C18H26N4O2/c1-13(12-22(2)3)11-19-17(23)10-6-9-16-20-15-8-5-4-7-14(15)18(24)21-16/h4-5,7-8,13H,6,9-12H2,1-3H3,(H,19,23)(H,20,21,24). The molecule has 0 aliphatic heterocycles. The van der Waals surface area contributed by atoms with Crippen molar-refractivity contribution in [2.24, 2.45) is 5.92 Å². The molecular weight excluding hydrogens is 304 g/mol. The Kier molecular flexibility index (Phi) is 6.49. The molecule has 0 saturated carbocycles. The lowest BCUT2D eigenvalue weighted by atomic mass is 10.1. The summed E-state index contributed by atoms with van der Waals surface area (Å²) < 4.78 is 0. The van der Waals surface area contributed by atoms with Gasteiger partial charge in [0.05, 0.1) is 10.9 Å². The number of hydrogen-bond donors (Lipinski definition) is 2. The molecule has 1 heterocycles. The second-order valence-electron chi connectivity index (χ2n) is 6.55. The van der Waals surface area contributed by atoms with E-state index in [9.17, 15) is 9.59 Å². The van der Waals surface area contributed by atoms with Crippen LogP contribution in [0.5, 0.6) is 0 Å². The topological polar surface area (TPSA) is 78.1 Å². The molecule has 1 atom stereocenters. The number of rotatable bonds is 8. The van der Waals surface area contributed by atoms with Crippen molar-refractivity contribution in [2.75, 3.05) is 27.2 Å². The van der Waals surface area contributed by atoms with Crippen LogP contribution in [-0.2, 0) is 11.2 Å². The Morgan fingerprint density at radius 2 is 2.08 bits per heavy atom. The van der Waals surface area contributed by atoms with Crippen molar-refractivity contribution in [3.05, 3.63) is 40.4 Å². The molecule has 0 spiro atoms. The van der Waals surface area contributed by atoms with E-state index >= 15 is 0 Å². The van der Waals surface area contributed by atoms with Crippen LogP contribution >= 0.6 is 0 Å². The molecule has 0 bridgehead atoms. The fourth-order valence-corrected chi connectivity index (χ4v) is 2.73. The Morgan fingerprint density at radius 3 is 2.83 bits per heavy atom. The summed E-state index contributed by atoms with van der Waals surface area (Å²) in [5.41, 5.74) is 0.566. The van der Waals surface area contributed by atoms with Gasteiger partial charge in [0.2, 0.25) is 5.91 Å². The van der Waals surface area contributed by atoms with Gasteiger partial charge in [-0.25, -0.2) is 4.98 Å². The summed E-state index contributed by atoms with van der Waals surface area (Å²) in [6, 6.07) is 7.27. The molecule has 1 aromatic heterocycles. The third-order valence-corrected chi connectivity index (χ3v) is 3.80. The Bertz CT molecular complexity index is 739. The predicted octanol–water partition coefficient (Wildman–Crippen LogP) is 1.56. The minimum atomic E-state index is -0.127. The zero-order chi connectivity index (χ0) is 17.5. The van der Waals surface area contributed by atoms with Crippen LogP contribution in [0, 0.1) is 5.92 Å². The van der Waals surface area contributed by atoms with Gasteiger partial charge in [-0.1, -0.05) is 19.1 Å². The molecule has 2 aromatic rings. The maximum atomic E-state index is 12.0. The van der Waals surface area contributed by atoms with E-state index < -0.39 is 0 Å². The molecule has 6 heteroatoms. The number of nitrogens with one attached hydrogen (secondary N) is 2. The Hall–Kier alpha value is -2.21. The number of carbonyl (C=O) groups is 1. The van der Waals surface area contributed by atoms with Gasteiger partial charge in [0, 0.05) is 25.9 Å². The fourth-order valence-electron chi connectivity index (χ4n) is 2.73. The van der Waals surface area contributed by atoms with Crippen LogP contribution in [0.1, 0.15) is 25.6 Å². The SMILES string of the molecule is CC(CNC(=O)CCCc1nc2ccccc2c(=O)[nH]1)CN(C)C. The summed E-state index contributed by atoms with van der Waals surface area (Å²) in [6.07, 6.45) is 1.68. The lowest BCUT2D eigenvalue weighted by Gasteiger charge is -2.17. The van der Waals surface area contributed by atoms with Crippen LogP contribution in [0.25, 0.3) is 10.9 Å². The van der Waals surface area contributed by atoms with E-state index in [4.69, 9.17) is 0 Å². The molecule has 1 amide bonds. The summed E-state index contributed by atoms with van der Waals surface area (Å²) in [7, 11) is 4.05. The van der Waals surface area contributed by atoms with E-state index in [1.807, 2.05) is 32.3 Å². The highest BCUT2D eigenvalue weighted by Crippen LogP contribution is 2.07. The van der Waals surface area contributed by atoms with Gasteiger partial charge < -0.3 is 15.2 Å². The second-order valence-corrected chi connectivity index (χ2v) is 6.55. The number of H-pyrrole nitrogens is 1. The first-order valence-electron chi connectivity index (χ1n) is 8.35. The summed E-state index contributed by atoms with van der Waals surface area (Å²) in [6.45, 7) is 3.74. The number of fused-ring (bicyclic) bond motifs is 1. The Morgan fingerprint density at radius 1 is 1.33 bits per heavy atom. The van der Waals surface area contributed by atoms with E-state index in [2.05, 4.69) is 27.1 Å². The average molecular weight is 330 g/mol. The van der Waals surface area contributed by atoms with Gasteiger partial charge in [-0.15, -0.1) is 0 Å². The molecule has 6 nitrogen and oxygen atoms in total. The van der Waals surface area contributed by atoms with E-state index in [0.717, 1.165) is 6.54 Å². The number of para-hydroxylation sites is 1. The molecule has 0 aliphatic carbocycles. The fraction of sp³-hybridized carbons (Fsp3) is 0.500. The van der Waals surface area contributed by atoms with Crippen molar-refractivity contribution >= 4 is 16.8 Å². The van der Waals surface area contributed by atoms with Gasteiger partial charge in [-0.3, -0.25) is 9.59 Å². The normalized spacial score (nSPS) is 12.5. The van der Waals surface area contributed by atoms with Gasteiger partial charge >= 0.3 is 0 Å². The first kappa shape index (κ1) is 18.1. The molecule has 130 valence electrons. The number of benzene rings is 1. The third kappa shape index (κ3) is 5.45. The summed E-state index contributed by atoms with van der Waals surface area (Å²) in [5.74, 6) is 1.10. The first-order chi connectivity index (χ1) is 11.5. The highest BCUT2D eigenvalue weighted by molar-refractivity contribution is 5.77. The monoisotopic (exact) mass is 330 g/mol. The molecule has 0 aliphatic rings. The molecule has 0 radical (unpaired) electrons. The smallest absolute Gasteiger partial charge is 0.258 e. The van der Waals surface area contributed by atoms with Crippen LogP contribution in [-0.4, -0.2) is 48.0 Å². The van der Waals surface area contributed by atoms with Crippen molar-refractivity contribution in [3.63, 3.8) is 0 Å². The van der Waals surface area contributed by atoms with Crippen molar-refractivity contribution < 1.29 is 4.79 Å². The van der Waals surface area contributed by atoms with Crippen molar-refractivity contribution in [1.29, 1.82) is 0 Å². The van der Waals surface area contributed by atoms with Crippen molar-refractivity contribution in [1.82, 2.24) is 20.2 Å². The number of hydrogen-bond acceptors (Lipinski definition) is 4.